The summed E-state index contributed by atoms with van der Waals surface area (Å²) in [5.41, 5.74) is 7.53. The Kier molecular flexibility index (Phi) is 5.48. The highest BCUT2D eigenvalue weighted by molar-refractivity contribution is 5.97. The van der Waals surface area contributed by atoms with Gasteiger partial charge >= 0.3 is 0 Å². The van der Waals surface area contributed by atoms with Crippen LogP contribution in [0.3, 0.4) is 0 Å². The van der Waals surface area contributed by atoms with E-state index in [0.29, 0.717) is 22.6 Å². The third-order valence-corrected chi connectivity index (χ3v) is 6.44. The van der Waals surface area contributed by atoms with Gasteiger partial charge in [0.15, 0.2) is 5.82 Å². The van der Waals surface area contributed by atoms with E-state index >= 15 is 0 Å². The van der Waals surface area contributed by atoms with Gasteiger partial charge in [-0.05, 0) is 29.8 Å². The second kappa shape index (κ2) is 8.88. The van der Waals surface area contributed by atoms with E-state index in [9.17, 15) is 4.39 Å². The largest absolute Gasteiger partial charge is 0.358 e. The Hall–Kier alpha value is -4.92. The number of pyridine rings is 3. The van der Waals surface area contributed by atoms with Gasteiger partial charge in [0.2, 0.25) is 0 Å². The molecule has 0 radical (unpaired) electrons. The lowest BCUT2D eigenvalue weighted by atomic mass is 9.93. The standard InChI is InChI=1S/C29H25FN8/c1-16(29(2,3)4)34-20-9-18(11-31-12-20)23-10-21-24(15-33-23)37-38-27(21)28-35-25-14-32-13-22(26(25)36-28)17-6-5-7-19(30)8-17/h5-15,34H,1H2,2-4H3,(H,35,36)(H,37,38). The van der Waals surface area contributed by atoms with Crippen LogP contribution in [0.2, 0.25) is 0 Å². The highest BCUT2D eigenvalue weighted by atomic mass is 19.1. The van der Waals surface area contributed by atoms with E-state index in [2.05, 4.69) is 62.8 Å². The zero-order valence-electron chi connectivity index (χ0n) is 21.2. The number of imidazole rings is 1. The predicted molar refractivity (Wildman–Crippen MR) is 148 cm³/mol. The summed E-state index contributed by atoms with van der Waals surface area (Å²) >= 11 is 0. The highest BCUT2D eigenvalue weighted by Crippen LogP contribution is 2.33. The number of nitrogens with one attached hydrogen (secondary N) is 3. The normalized spacial score (nSPS) is 11.8. The van der Waals surface area contributed by atoms with Crippen molar-refractivity contribution in [1.82, 2.24) is 35.1 Å². The second-order valence-corrected chi connectivity index (χ2v) is 10.2. The number of aromatic nitrogens is 7. The first-order chi connectivity index (χ1) is 18.3. The molecule has 0 atom stereocenters. The predicted octanol–water partition coefficient (Wildman–Crippen LogP) is 6.74. The van der Waals surface area contributed by atoms with Crippen molar-refractivity contribution in [2.45, 2.75) is 20.8 Å². The Labute approximate surface area is 218 Å². The van der Waals surface area contributed by atoms with Crippen LogP contribution in [0.5, 0.6) is 0 Å². The number of halogens is 1. The SMILES string of the molecule is C=C(Nc1cncc(-c2cc3c(-c4nc5c(-c6cccc(F)c6)cncc5[nH]4)n[nH]c3cn2)c1)C(C)(C)C. The van der Waals surface area contributed by atoms with Gasteiger partial charge in [-0.1, -0.05) is 39.5 Å². The molecule has 6 rings (SSSR count). The maximum atomic E-state index is 13.9. The minimum atomic E-state index is -0.315. The maximum Gasteiger partial charge on any atom is 0.159 e. The van der Waals surface area contributed by atoms with Crippen molar-refractivity contribution in [2.24, 2.45) is 5.41 Å². The fourth-order valence-electron chi connectivity index (χ4n) is 4.18. The first-order valence-electron chi connectivity index (χ1n) is 12.1. The molecule has 0 bridgehead atoms. The minimum absolute atomic E-state index is 0.0878. The van der Waals surface area contributed by atoms with E-state index in [4.69, 9.17) is 4.98 Å². The molecule has 38 heavy (non-hydrogen) atoms. The second-order valence-electron chi connectivity index (χ2n) is 10.2. The maximum absolute atomic E-state index is 13.9. The molecule has 0 aliphatic rings. The van der Waals surface area contributed by atoms with E-state index in [1.54, 1.807) is 37.1 Å². The van der Waals surface area contributed by atoms with Crippen LogP contribution in [0.1, 0.15) is 20.8 Å². The lowest BCUT2D eigenvalue weighted by Crippen LogP contribution is -2.15. The number of H-pyrrole nitrogens is 2. The van der Waals surface area contributed by atoms with E-state index in [1.807, 2.05) is 18.2 Å². The van der Waals surface area contributed by atoms with Gasteiger partial charge in [-0.3, -0.25) is 20.1 Å². The molecule has 0 amide bonds. The molecule has 0 aliphatic carbocycles. The average molecular weight is 505 g/mol. The summed E-state index contributed by atoms with van der Waals surface area (Å²) in [5.74, 6) is 0.258. The zero-order chi connectivity index (χ0) is 26.4. The zero-order valence-corrected chi connectivity index (χ0v) is 21.2. The third kappa shape index (κ3) is 4.28. The van der Waals surface area contributed by atoms with Gasteiger partial charge in [0, 0.05) is 40.0 Å². The van der Waals surface area contributed by atoms with Crippen LogP contribution in [-0.2, 0) is 0 Å². The number of nitrogens with zero attached hydrogens (tertiary/aromatic N) is 5. The quantitative estimate of drug-likeness (QED) is 0.240. The summed E-state index contributed by atoms with van der Waals surface area (Å²) in [6, 6.07) is 10.4. The summed E-state index contributed by atoms with van der Waals surface area (Å²) in [5, 5.41) is 11.8. The molecule has 0 saturated heterocycles. The summed E-state index contributed by atoms with van der Waals surface area (Å²) < 4.78 is 13.9. The number of allylic oxidation sites excluding steroid dienone is 1. The highest BCUT2D eigenvalue weighted by Gasteiger charge is 2.18. The van der Waals surface area contributed by atoms with Crippen LogP contribution in [0.4, 0.5) is 10.1 Å². The number of benzene rings is 1. The van der Waals surface area contributed by atoms with E-state index in [-0.39, 0.29) is 11.2 Å². The fraction of sp³-hybridized carbons (Fsp3) is 0.138. The van der Waals surface area contributed by atoms with Crippen molar-refractivity contribution < 1.29 is 4.39 Å². The van der Waals surface area contributed by atoms with Crippen molar-refractivity contribution in [3.05, 3.63) is 85.5 Å². The topological polar surface area (TPSA) is 108 Å². The molecule has 9 heteroatoms. The van der Waals surface area contributed by atoms with Gasteiger partial charge in [0.05, 0.1) is 46.5 Å². The molecule has 0 aliphatic heterocycles. The average Bonchev–Trinajstić information content (AvgIpc) is 3.52. The molecule has 0 spiro atoms. The van der Waals surface area contributed by atoms with Gasteiger partial charge in [0.1, 0.15) is 11.5 Å². The minimum Gasteiger partial charge on any atom is -0.358 e. The Balaban J connectivity index is 1.40. The van der Waals surface area contributed by atoms with E-state index < -0.39 is 0 Å². The van der Waals surface area contributed by atoms with E-state index in [1.165, 1.54) is 12.1 Å². The van der Waals surface area contributed by atoms with Crippen LogP contribution in [0.25, 0.3) is 55.8 Å². The van der Waals surface area contributed by atoms with Crippen LogP contribution in [0, 0.1) is 11.2 Å². The number of hydrogen-bond donors (Lipinski definition) is 3. The molecular weight excluding hydrogens is 479 g/mol. The number of rotatable bonds is 5. The lowest BCUT2D eigenvalue weighted by Gasteiger charge is -2.23. The molecule has 0 unspecified atom stereocenters. The van der Waals surface area contributed by atoms with Crippen molar-refractivity contribution >= 4 is 27.6 Å². The molecule has 3 N–H and O–H groups in total. The molecule has 8 nitrogen and oxygen atoms in total. The van der Waals surface area contributed by atoms with Crippen LogP contribution in [0.15, 0.2) is 79.7 Å². The van der Waals surface area contributed by atoms with Gasteiger partial charge in [-0.15, -0.1) is 0 Å². The molecule has 188 valence electrons. The van der Waals surface area contributed by atoms with Gasteiger partial charge in [0.25, 0.3) is 0 Å². The number of anilines is 1. The van der Waals surface area contributed by atoms with Crippen molar-refractivity contribution in [1.29, 1.82) is 0 Å². The van der Waals surface area contributed by atoms with Crippen LogP contribution >= 0.6 is 0 Å². The molecule has 5 heterocycles. The van der Waals surface area contributed by atoms with Crippen LogP contribution < -0.4 is 5.32 Å². The molecule has 6 aromatic rings. The lowest BCUT2D eigenvalue weighted by molar-refractivity contribution is 0.509. The summed E-state index contributed by atoms with van der Waals surface area (Å²) in [6.07, 6.45) is 8.68. The Morgan fingerprint density at radius 3 is 2.61 bits per heavy atom. The van der Waals surface area contributed by atoms with Crippen molar-refractivity contribution in [2.75, 3.05) is 5.32 Å². The molecule has 1 aromatic carbocycles. The number of hydrogen-bond acceptors (Lipinski definition) is 6. The molecule has 0 saturated carbocycles. The number of fused-ring (bicyclic) bond motifs is 2. The summed E-state index contributed by atoms with van der Waals surface area (Å²) in [4.78, 5) is 21.5. The van der Waals surface area contributed by atoms with Crippen molar-refractivity contribution in [3.63, 3.8) is 0 Å². The smallest absolute Gasteiger partial charge is 0.159 e. The molecule has 5 aromatic heterocycles. The Morgan fingerprint density at radius 2 is 1.79 bits per heavy atom. The molecular formula is C29H25FN8. The summed E-state index contributed by atoms with van der Waals surface area (Å²) in [7, 11) is 0. The van der Waals surface area contributed by atoms with Gasteiger partial charge in [-0.25, -0.2) is 9.37 Å². The fourth-order valence-corrected chi connectivity index (χ4v) is 4.18. The monoisotopic (exact) mass is 504 g/mol. The first-order valence-corrected chi connectivity index (χ1v) is 12.1. The third-order valence-electron chi connectivity index (χ3n) is 6.44. The van der Waals surface area contributed by atoms with Crippen LogP contribution in [-0.4, -0.2) is 35.1 Å². The number of aromatic amines is 2. The Bertz CT molecular complexity index is 1830. The van der Waals surface area contributed by atoms with Gasteiger partial charge < -0.3 is 10.3 Å². The van der Waals surface area contributed by atoms with Gasteiger partial charge in [-0.2, -0.15) is 5.10 Å². The van der Waals surface area contributed by atoms with E-state index in [0.717, 1.165) is 44.6 Å². The molecule has 0 fully saturated rings. The Morgan fingerprint density at radius 1 is 0.947 bits per heavy atom. The first kappa shape index (κ1) is 23.5. The summed E-state index contributed by atoms with van der Waals surface area (Å²) in [6.45, 7) is 10.5. The van der Waals surface area contributed by atoms with Crippen molar-refractivity contribution in [3.8, 4) is 33.9 Å².